The van der Waals surface area contributed by atoms with E-state index < -0.39 is 0 Å². The fraction of sp³-hybridized carbons (Fsp3) is 0.238. The molecule has 0 aliphatic heterocycles. The Kier molecular flexibility index (Phi) is 5.61. The molecule has 0 aliphatic carbocycles. The lowest BCUT2D eigenvalue weighted by Crippen LogP contribution is -2.37. The number of benzene rings is 2. The highest BCUT2D eigenvalue weighted by Crippen LogP contribution is 2.26. The molecule has 27 heavy (non-hydrogen) atoms. The molecule has 0 saturated heterocycles. The third-order valence-corrected chi connectivity index (χ3v) is 4.84. The monoisotopic (exact) mass is 385 g/mol. The van der Waals surface area contributed by atoms with Gasteiger partial charge in [-0.1, -0.05) is 37.6 Å². The third kappa shape index (κ3) is 4.19. The topological polar surface area (TPSA) is 46.9 Å². The van der Waals surface area contributed by atoms with Crippen molar-refractivity contribution >= 4 is 17.5 Å². The highest BCUT2D eigenvalue weighted by Gasteiger charge is 2.21. The SMILES string of the molecule is CC(C)[C@@H](C)NC(=O)c1cc(-c2ccc(F)cc2)nn1-c1ccccc1Cl. The van der Waals surface area contributed by atoms with Gasteiger partial charge in [-0.2, -0.15) is 5.10 Å². The van der Waals surface area contributed by atoms with Gasteiger partial charge in [-0.25, -0.2) is 9.07 Å². The van der Waals surface area contributed by atoms with Gasteiger partial charge in [0.25, 0.3) is 5.91 Å². The van der Waals surface area contributed by atoms with Gasteiger partial charge in [-0.15, -0.1) is 0 Å². The second-order valence-corrected chi connectivity index (χ2v) is 7.20. The molecule has 2 aromatic carbocycles. The molecule has 0 spiro atoms. The van der Waals surface area contributed by atoms with Gasteiger partial charge in [0.1, 0.15) is 11.5 Å². The zero-order valence-electron chi connectivity index (χ0n) is 15.4. The second-order valence-electron chi connectivity index (χ2n) is 6.79. The Morgan fingerprint density at radius 3 is 2.41 bits per heavy atom. The van der Waals surface area contributed by atoms with Crippen LogP contribution in [0, 0.1) is 11.7 Å². The van der Waals surface area contributed by atoms with Gasteiger partial charge in [0.05, 0.1) is 16.4 Å². The van der Waals surface area contributed by atoms with E-state index in [9.17, 15) is 9.18 Å². The summed E-state index contributed by atoms with van der Waals surface area (Å²) in [5.74, 6) is -0.271. The van der Waals surface area contributed by atoms with E-state index in [0.29, 0.717) is 33.6 Å². The molecule has 4 nitrogen and oxygen atoms in total. The Morgan fingerprint density at radius 1 is 1.11 bits per heavy atom. The summed E-state index contributed by atoms with van der Waals surface area (Å²) in [5.41, 5.74) is 2.26. The molecular formula is C21H21ClFN3O. The summed E-state index contributed by atoms with van der Waals surface area (Å²) in [5, 5.41) is 8.04. The first kappa shape index (κ1) is 19.1. The highest BCUT2D eigenvalue weighted by atomic mass is 35.5. The quantitative estimate of drug-likeness (QED) is 0.663. The molecule has 0 bridgehead atoms. The van der Waals surface area contributed by atoms with Gasteiger partial charge >= 0.3 is 0 Å². The summed E-state index contributed by atoms with van der Waals surface area (Å²) in [4.78, 5) is 12.9. The maximum absolute atomic E-state index is 13.2. The molecule has 0 radical (unpaired) electrons. The van der Waals surface area contributed by atoms with Crippen LogP contribution in [0.1, 0.15) is 31.3 Å². The number of carbonyl (C=O) groups excluding carboxylic acids is 1. The number of hydrogen-bond acceptors (Lipinski definition) is 2. The van der Waals surface area contributed by atoms with Crippen molar-refractivity contribution in [1.82, 2.24) is 15.1 Å². The predicted molar refractivity (Wildman–Crippen MR) is 106 cm³/mol. The van der Waals surface area contributed by atoms with Crippen molar-refractivity contribution in [2.45, 2.75) is 26.8 Å². The molecule has 0 saturated carbocycles. The summed E-state index contributed by atoms with van der Waals surface area (Å²) in [6.45, 7) is 6.04. The summed E-state index contributed by atoms with van der Waals surface area (Å²) in [6.07, 6.45) is 0. The molecular weight excluding hydrogens is 365 g/mol. The zero-order chi connectivity index (χ0) is 19.6. The first-order chi connectivity index (χ1) is 12.9. The van der Waals surface area contributed by atoms with Crippen molar-refractivity contribution in [1.29, 1.82) is 0 Å². The third-order valence-electron chi connectivity index (χ3n) is 4.52. The minimum Gasteiger partial charge on any atom is -0.348 e. The fourth-order valence-corrected chi connectivity index (χ4v) is 2.77. The average Bonchev–Trinajstić information content (AvgIpc) is 3.07. The van der Waals surface area contributed by atoms with Crippen LogP contribution < -0.4 is 5.32 Å². The van der Waals surface area contributed by atoms with Crippen LogP contribution in [0.15, 0.2) is 54.6 Å². The number of carbonyl (C=O) groups is 1. The highest BCUT2D eigenvalue weighted by molar-refractivity contribution is 6.32. The molecule has 1 heterocycles. The maximum Gasteiger partial charge on any atom is 0.270 e. The number of aromatic nitrogens is 2. The van der Waals surface area contributed by atoms with E-state index in [4.69, 9.17) is 11.6 Å². The largest absolute Gasteiger partial charge is 0.348 e. The number of nitrogens with one attached hydrogen (secondary N) is 1. The lowest BCUT2D eigenvalue weighted by atomic mass is 10.1. The van der Waals surface area contributed by atoms with Crippen LogP contribution in [-0.2, 0) is 0 Å². The number of amides is 1. The van der Waals surface area contributed by atoms with E-state index in [1.807, 2.05) is 32.9 Å². The van der Waals surface area contributed by atoms with E-state index in [2.05, 4.69) is 10.4 Å². The molecule has 3 rings (SSSR count). The number of rotatable bonds is 5. The molecule has 0 aliphatic rings. The minimum absolute atomic E-state index is 0.00127. The Balaban J connectivity index is 2.08. The van der Waals surface area contributed by atoms with E-state index in [-0.39, 0.29) is 17.8 Å². The molecule has 1 atom stereocenters. The predicted octanol–water partition coefficient (Wildman–Crippen LogP) is 5.11. The molecule has 140 valence electrons. The fourth-order valence-electron chi connectivity index (χ4n) is 2.56. The van der Waals surface area contributed by atoms with Crippen molar-refractivity contribution in [3.8, 4) is 16.9 Å². The first-order valence-electron chi connectivity index (χ1n) is 8.78. The summed E-state index contributed by atoms with van der Waals surface area (Å²) in [7, 11) is 0. The van der Waals surface area contributed by atoms with Gasteiger partial charge in [-0.05, 0) is 55.3 Å². The molecule has 1 aromatic heterocycles. The number of hydrogen-bond donors (Lipinski definition) is 1. The smallest absolute Gasteiger partial charge is 0.270 e. The van der Waals surface area contributed by atoms with Gasteiger partial charge in [-0.3, -0.25) is 4.79 Å². The standard InChI is InChI=1S/C21H21ClFN3O/c1-13(2)14(3)24-21(27)20-12-18(15-8-10-16(23)11-9-15)25-26(20)19-7-5-4-6-17(19)22/h4-14H,1-3H3,(H,24,27)/t14-/m1/s1. The van der Waals surface area contributed by atoms with Gasteiger partial charge in [0, 0.05) is 11.6 Å². The number of nitrogens with zero attached hydrogens (tertiary/aromatic N) is 2. The van der Waals surface area contributed by atoms with Crippen LogP contribution in [0.5, 0.6) is 0 Å². The Morgan fingerprint density at radius 2 is 1.78 bits per heavy atom. The Labute approximate surface area is 163 Å². The summed E-state index contributed by atoms with van der Waals surface area (Å²) in [6, 6.07) is 14.9. The van der Waals surface area contributed by atoms with Crippen LogP contribution in [0.2, 0.25) is 5.02 Å². The van der Waals surface area contributed by atoms with E-state index in [1.165, 1.54) is 16.8 Å². The van der Waals surface area contributed by atoms with Crippen LogP contribution >= 0.6 is 11.6 Å². The van der Waals surface area contributed by atoms with Crippen LogP contribution in [0.3, 0.4) is 0 Å². The number of halogens is 2. The molecule has 1 N–H and O–H groups in total. The Bertz CT molecular complexity index is 950. The van der Waals surface area contributed by atoms with Crippen molar-refractivity contribution in [3.05, 3.63) is 71.1 Å². The summed E-state index contributed by atoms with van der Waals surface area (Å²) >= 11 is 6.33. The lowest BCUT2D eigenvalue weighted by Gasteiger charge is -2.17. The van der Waals surface area contributed by atoms with E-state index in [1.54, 1.807) is 30.3 Å². The zero-order valence-corrected chi connectivity index (χ0v) is 16.2. The molecule has 0 unspecified atom stereocenters. The Hall–Kier alpha value is -2.66. The first-order valence-corrected chi connectivity index (χ1v) is 9.16. The second kappa shape index (κ2) is 7.92. The average molecular weight is 386 g/mol. The van der Waals surface area contributed by atoms with Crippen molar-refractivity contribution in [3.63, 3.8) is 0 Å². The van der Waals surface area contributed by atoms with Crippen LogP contribution in [0.25, 0.3) is 16.9 Å². The van der Waals surface area contributed by atoms with Crippen molar-refractivity contribution < 1.29 is 9.18 Å². The van der Waals surface area contributed by atoms with Gasteiger partial charge in [0.15, 0.2) is 0 Å². The summed E-state index contributed by atoms with van der Waals surface area (Å²) < 4.78 is 14.8. The maximum atomic E-state index is 13.2. The van der Waals surface area contributed by atoms with Gasteiger partial charge < -0.3 is 5.32 Å². The normalized spacial score (nSPS) is 12.2. The van der Waals surface area contributed by atoms with Crippen molar-refractivity contribution in [2.24, 2.45) is 5.92 Å². The lowest BCUT2D eigenvalue weighted by molar-refractivity contribution is 0.0922. The molecule has 1 amide bonds. The number of para-hydroxylation sites is 1. The van der Waals surface area contributed by atoms with Gasteiger partial charge in [0.2, 0.25) is 0 Å². The van der Waals surface area contributed by atoms with E-state index in [0.717, 1.165) is 0 Å². The molecule has 6 heteroatoms. The van der Waals surface area contributed by atoms with E-state index >= 15 is 0 Å². The van der Waals surface area contributed by atoms with Crippen molar-refractivity contribution in [2.75, 3.05) is 0 Å². The molecule has 0 fully saturated rings. The van der Waals surface area contributed by atoms with Crippen LogP contribution in [0.4, 0.5) is 4.39 Å². The molecule has 3 aromatic rings. The van der Waals surface area contributed by atoms with Crippen LogP contribution in [-0.4, -0.2) is 21.7 Å². The minimum atomic E-state index is -0.326.